The summed E-state index contributed by atoms with van der Waals surface area (Å²) < 4.78 is 21.1. The van der Waals surface area contributed by atoms with Crippen LogP contribution in [0.2, 0.25) is 0 Å². The van der Waals surface area contributed by atoms with Gasteiger partial charge < -0.3 is 5.32 Å². The maximum atomic E-state index is 11.1. The lowest BCUT2D eigenvalue weighted by Gasteiger charge is -2.02. The van der Waals surface area contributed by atoms with Crippen LogP contribution in [0.15, 0.2) is 30.3 Å². The largest absolute Gasteiger partial charge is 0.325 e. The van der Waals surface area contributed by atoms with Crippen LogP contribution in [-0.4, -0.2) is 20.1 Å². The third-order valence-electron chi connectivity index (χ3n) is 1.39. The molecule has 0 unspecified atom stereocenters. The molecule has 0 fully saturated rings. The minimum absolute atomic E-state index is 0.543. The average molecular weight is 214 g/mol. The van der Waals surface area contributed by atoms with E-state index in [4.69, 9.17) is 5.14 Å². The Hall–Kier alpha value is -1.40. The van der Waals surface area contributed by atoms with E-state index in [1.54, 1.807) is 30.3 Å². The number of carbonyl (C=O) groups excluding carboxylic acids is 1. The van der Waals surface area contributed by atoms with E-state index >= 15 is 0 Å². The molecule has 5 nitrogen and oxygen atoms in total. The van der Waals surface area contributed by atoms with Crippen molar-refractivity contribution in [2.75, 3.05) is 11.1 Å². The van der Waals surface area contributed by atoms with Crippen molar-refractivity contribution in [2.24, 2.45) is 5.14 Å². The van der Waals surface area contributed by atoms with Gasteiger partial charge in [0.05, 0.1) is 0 Å². The number of amides is 1. The number of rotatable bonds is 3. The summed E-state index contributed by atoms with van der Waals surface area (Å²) in [6.45, 7) is 0. The molecule has 0 spiro atoms. The summed E-state index contributed by atoms with van der Waals surface area (Å²) in [7, 11) is -3.76. The summed E-state index contributed by atoms with van der Waals surface area (Å²) in [6, 6.07) is 8.55. The van der Waals surface area contributed by atoms with E-state index in [1.807, 2.05) is 0 Å². The monoisotopic (exact) mass is 214 g/mol. The first-order valence-electron chi connectivity index (χ1n) is 3.83. The van der Waals surface area contributed by atoms with Crippen LogP contribution < -0.4 is 10.5 Å². The number of hydrogen-bond acceptors (Lipinski definition) is 3. The first kappa shape index (κ1) is 10.7. The summed E-state index contributed by atoms with van der Waals surface area (Å²) in [4.78, 5) is 11.1. The van der Waals surface area contributed by atoms with Crippen LogP contribution in [0.4, 0.5) is 5.69 Å². The second-order valence-electron chi connectivity index (χ2n) is 2.72. The number of hydrogen-bond donors (Lipinski definition) is 2. The summed E-state index contributed by atoms with van der Waals surface area (Å²) >= 11 is 0. The molecule has 0 aliphatic heterocycles. The highest BCUT2D eigenvalue weighted by atomic mass is 32.2. The zero-order valence-electron chi connectivity index (χ0n) is 7.30. The molecule has 1 aromatic carbocycles. The van der Waals surface area contributed by atoms with Gasteiger partial charge in [-0.2, -0.15) is 0 Å². The van der Waals surface area contributed by atoms with Gasteiger partial charge in [0.2, 0.25) is 15.9 Å². The quantitative estimate of drug-likeness (QED) is 0.737. The van der Waals surface area contributed by atoms with Gasteiger partial charge in [-0.25, -0.2) is 13.6 Å². The van der Waals surface area contributed by atoms with Gasteiger partial charge in [0.1, 0.15) is 5.75 Å². The van der Waals surface area contributed by atoms with Crippen molar-refractivity contribution in [2.45, 2.75) is 0 Å². The number of anilines is 1. The fourth-order valence-corrected chi connectivity index (χ4v) is 1.34. The maximum absolute atomic E-state index is 11.1. The highest BCUT2D eigenvalue weighted by Gasteiger charge is 2.10. The Labute approximate surface area is 82.0 Å². The Morgan fingerprint density at radius 2 is 1.86 bits per heavy atom. The van der Waals surface area contributed by atoms with Crippen molar-refractivity contribution in [3.63, 3.8) is 0 Å². The van der Waals surface area contributed by atoms with Gasteiger partial charge in [-0.15, -0.1) is 0 Å². The van der Waals surface area contributed by atoms with Gasteiger partial charge in [0.15, 0.2) is 0 Å². The van der Waals surface area contributed by atoms with Crippen molar-refractivity contribution < 1.29 is 13.2 Å². The predicted octanol–water partition coefficient (Wildman–Crippen LogP) is -0.0864. The molecule has 76 valence electrons. The summed E-state index contributed by atoms with van der Waals surface area (Å²) in [6.07, 6.45) is 0. The van der Waals surface area contributed by atoms with Crippen LogP contribution in [0.1, 0.15) is 0 Å². The second kappa shape index (κ2) is 4.21. The zero-order chi connectivity index (χ0) is 10.6. The van der Waals surface area contributed by atoms with Gasteiger partial charge in [-0.05, 0) is 12.1 Å². The molecule has 0 saturated carbocycles. The lowest BCUT2D eigenvalue weighted by molar-refractivity contribution is -0.113. The van der Waals surface area contributed by atoms with Crippen LogP contribution in [-0.2, 0) is 14.8 Å². The molecule has 0 radical (unpaired) electrons. The minimum Gasteiger partial charge on any atom is -0.325 e. The molecule has 6 heteroatoms. The molecule has 0 heterocycles. The normalized spacial score (nSPS) is 10.9. The predicted molar refractivity (Wildman–Crippen MR) is 53.0 cm³/mol. The van der Waals surface area contributed by atoms with Crippen molar-refractivity contribution in [3.8, 4) is 0 Å². The first-order chi connectivity index (χ1) is 6.47. The third-order valence-corrected chi connectivity index (χ3v) is 2.05. The van der Waals surface area contributed by atoms with Gasteiger partial charge in [0, 0.05) is 5.69 Å². The molecule has 0 aliphatic carbocycles. The summed E-state index contributed by atoms with van der Waals surface area (Å²) in [5, 5.41) is 7.10. The van der Waals surface area contributed by atoms with Gasteiger partial charge in [-0.3, -0.25) is 4.79 Å². The maximum Gasteiger partial charge on any atom is 0.240 e. The Kier molecular flexibility index (Phi) is 3.21. The molecule has 0 atom stereocenters. The Morgan fingerprint density at radius 3 is 2.36 bits per heavy atom. The Bertz CT molecular complexity index is 413. The number of carbonyl (C=O) groups is 1. The molecule has 0 aromatic heterocycles. The van der Waals surface area contributed by atoms with Crippen LogP contribution in [0, 0.1) is 0 Å². The minimum atomic E-state index is -3.76. The van der Waals surface area contributed by atoms with Crippen molar-refractivity contribution in [1.82, 2.24) is 0 Å². The number of nitrogens with two attached hydrogens (primary N) is 1. The van der Waals surface area contributed by atoms with Crippen molar-refractivity contribution in [3.05, 3.63) is 30.3 Å². The smallest absolute Gasteiger partial charge is 0.240 e. The fourth-order valence-electron chi connectivity index (χ4n) is 0.901. The SMILES string of the molecule is NS(=O)(=O)CC(=O)Nc1ccccc1. The molecule has 0 saturated heterocycles. The second-order valence-corrected chi connectivity index (χ2v) is 4.34. The number of para-hydroxylation sites is 1. The molecule has 1 aromatic rings. The molecule has 1 rings (SSSR count). The van der Waals surface area contributed by atoms with E-state index in [2.05, 4.69) is 5.32 Å². The number of sulfonamides is 1. The van der Waals surface area contributed by atoms with Crippen LogP contribution >= 0.6 is 0 Å². The van der Waals surface area contributed by atoms with E-state index in [9.17, 15) is 13.2 Å². The van der Waals surface area contributed by atoms with Crippen LogP contribution in [0.25, 0.3) is 0 Å². The standard InChI is InChI=1S/C8H10N2O3S/c9-14(12,13)6-8(11)10-7-4-2-1-3-5-7/h1-5H,6H2,(H,10,11)(H2,9,12,13). The van der Waals surface area contributed by atoms with Crippen LogP contribution in [0.3, 0.4) is 0 Å². The van der Waals surface area contributed by atoms with E-state index in [0.717, 1.165) is 0 Å². The average Bonchev–Trinajstić information content (AvgIpc) is 2.02. The van der Waals surface area contributed by atoms with E-state index in [1.165, 1.54) is 0 Å². The van der Waals surface area contributed by atoms with Gasteiger partial charge >= 0.3 is 0 Å². The summed E-state index contributed by atoms with van der Waals surface area (Å²) in [5.74, 6) is -1.35. The lowest BCUT2D eigenvalue weighted by atomic mass is 10.3. The molecule has 3 N–H and O–H groups in total. The van der Waals surface area contributed by atoms with E-state index in [-0.39, 0.29) is 0 Å². The molecular weight excluding hydrogens is 204 g/mol. The fraction of sp³-hybridized carbons (Fsp3) is 0.125. The van der Waals surface area contributed by atoms with Crippen LogP contribution in [0.5, 0.6) is 0 Å². The van der Waals surface area contributed by atoms with Gasteiger partial charge in [0.25, 0.3) is 0 Å². The molecule has 14 heavy (non-hydrogen) atoms. The Balaban J connectivity index is 2.59. The van der Waals surface area contributed by atoms with E-state index in [0.29, 0.717) is 5.69 Å². The lowest BCUT2D eigenvalue weighted by Crippen LogP contribution is -2.27. The molecule has 0 aliphatic rings. The topological polar surface area (TPSA) is 89.3 Å². The summed E-state index contributed by atoms with van der Waals surface area (Å²) in [5.41, 5.74) is 0.543. The number of nitrogens with one attached hydrogen (secondary N) is 1. The molecule has 0 bridgehead atoms. The van der Waals surface area contributed by atoms with E-state index < -0.39 is 21.7 Å². The number of primary sulfonamides is 1. The number of benzene rings is 1. The Morgan fingerprint density at radius 1 is 1.29 bits per heavy atom. The van der Waals surface area contributed by atoms with Crippen molar-refractivity contribution >= 4 is 21.6 Å². The molecular formula is C8H10N2O3S. The highest BCUT2D eigenvalue weighted by Crippen LogP contribution is 2.04. The third kappa shape index (κ3) is 4.01. The van der Waals surface area contributed by atoms with Gasteiger partial charge in [-0.1, -0.05) is 18.2 Å². The molecule has 1 amide bonds. The highest BCUT2D eigenvalue weighted by molar-refractivity contribution is 7.89. The first-order valence-corrected chi connectivity index (χ1v) is 5.54. The van der Waals surface area contributed by atoms with Crippen molar-refractivity contribution in [1.29, 1.82) is 0 Å². The zero-order valence-corrected chi connectivity index (χ0v) is 8.12.